The van der Waals surface area contributed by atoms with Crippen LogP contribution in [0.5, 0.6) is 0 Å². The second kappa shape index (κ2) is 4.89. The predicted octanol–water partition coefficient (Wildman–Crippen LogP) is 4.26. The van der Waals surface area contributed by atoms with E-state index in [2.05, 4.69) is 41.9 Å². The number of benzene rings is 1. The van der Waals surface area contributed by atoms with E-state index in [0.29, 0.717) is 5.92 Å². The first-order chi connectivity index (χ1) is 7.59. The highest BCUT2D eigenvalue weighted by molar-refractivity contribution is 9.10. The highest BCUT2D eigenvalue weighted by Crippen LogP contribution is 2.35. The number of halogens is 1. The molecule has 0 radical (unpaired) electrons. The van der Waals surface area contributed by atoms with Crippen molar-refractivity contribution in [2.45, 2.75) is 45.6 Å². The van der Waals surface area contributed by atoms with E-state index >= 15 is 0 Å². The molecule has 1 aliphatic carbocycles. The lowest BCUT2D eigenvalue weighted by atomic mass is 9.91. The molecule has 2 heteroatoms. The molecule has 0 amide bonds. The number of nitrogens with two attached hydrogens (primary N) is 1. The zero-order valence-corrected chi connectivity index (χ0v) is 11.7. The Balaban J connectivity index is 2.26. The van der Waals surface area contributed by atoms with Gasteiger partial charge in [-0.15, -0.1) is 0 Å². The summed E-state index contributed by atoms with van der Waals surface area (Å²) in [5.41, 5.74) is 10.3. The van der Waals surface area contributed by atoms with Crippen molar-refractivity contribution in [2.75, 3.05) is 0 Å². The number of aryl methyl sites for hydroxylation is 2. The van der Waals surface area contributed by atoms with Crippen LogP contribution in [0, 0.1) is 19.8 Å². The zero-order valence-electron chi connectivity index (χ0n) is 10.1. The highest BCUT2D eigenvalue weighted by Gasteiger charge is 2.23. The third-order valence-corrected chi connectivity index (χ3v) is 5.00. The van der Waals surface area contributed by atoms with Crippen LogP contribution in [-0.2, 0) is 0 Å². The molecule has 0 aromatic heterocycles. The van der Waals surface area contributed by atoms with Gasteiger partial charge in [0.15, 0.2) is 0 Å². The molecular weight excluding hydrogens is 262 g/mol. The lowest BCUT2D eigenvalue weighted by Gasteiger charge is -2.20. The molecule has 0 saturated heterocycles. The second-order valence-electron chi connectivity index (χ2n) is 5.04. The summed E-state index contributed by atoms with van der Waals surface area (Å²) in [6, 6.07) is 4.70. The van der Waals surface area contributed by atoms with Crippen LogP contribution in [0.1, 0.15) is 48.4 Å². The molecule has 0 bridgehead atoms. The van der Waals surface area contributed by atoms with E-state index in [1.165, 1.54) is 46.8 Å². The van der Waals surface area contributed by atoms with Crippen molar-refractivity contribution in [3.63, 3.8) is 0 Å². The van der Waals surface area contributed by atoms with Gasteiger partial charge in [0.1, 0.15) is 0 Å². The predicted molar refractivity (Wildman–Crippen MR) is 72.5 cm³/mol. The molecule has 1 aromatic carbocycles. The molecule has 0 aliphatic heterocycles. The van der Waals surface area contributed by atoms with Crippen LogP contribution >= 0.6 is 15.9 Å². The highest BCUT2D eigenvalue weighted by atomic mass is 79.9. The average Bonchev–Trinajstić information content (AvgIpc) is 2.77. The Kier molecular flexibility index (Phi) is 3.70. The standard InChI is InChI=1S/C14H20BrN/c1-9-7-12(8-10(2)13(9)15)14(16)11-5-3-4-6-11/h7-8,11,14H,3-6,16H2,1-2H3. The third-order valence-electron chi connectivity index (χ3n) is 3.75. The first-order valence-corrected chi connectivity index (χ1v) is 6.91. The maximum atomic E-state index is 6.37. The minimum Gasteiger partial charge on any atom is -0.324 e. The normalized spacial score (nSPS) is 19.0. The second-order valence-corrected chi connectivity index (χ2v) is 5.83. The van der Waals surface area contributed by atoms with Crippen LogP contribution in [-0.4, -0.2) is 0 Å². The third kappa shape index (κ3) is 2.33. The van der Waals surface area contributed by atoms with E-state index in [9.17, 15) is 0 Å². The van der Waals surface area contributed by atoms with Crippen LogP contribution < -0.4 is 5.73 Å². The minimum absolute atomic E-state index is 0.230. The summed E-state index contributed by atoms with van der Waals surface area (Å²) in [7, 11) is 0. The minimum atomic E-state index is 0.230. The van der Waals surface area contributed by atoms with Crippen LogP contribution in [0.25, 0.3) is 0 Å². The van der Waals surface area contributed by atoms with Crippen molar-refractivity contribution in [1.82, 2.24) is 0 Å². The van der Waals surface area contributed by atoms with Crippen LogP contribution in [0.3, 0.4) is 0 Å². The molecule has 1 atom stereocenters. The van der Waals surface area contributed by atoms with Gasteiger partial charge in [0.2, 0.25) is 0 Å². The van der Waals surface area contributed by atoms with Crippen molar-refractivity contribution in [1.29, 1.82) is 0 Å². The largest absolute Gasteiger partial charge is 0.324 e. The van der Waals surface area contributed by atoms with Crippen molar-refractivity contribution in [3.8, 4) is 0 Å². The fraction of sp³-hybridized carbons (Fsp3) is 0.571. The van der Waals surface area contributed by atoms with Crippen LogP contribution in [0.2, 0.25) is 0 Å². The monoisotopic (exact) mass is 281 g/mol. The van der Waals surface area contributed by atoms with E-state index in [1.807, 2.05) is 0 Å². The first kappa shape index (κ1) is 12.1. The van der Waals surface area contributed by atoms with Crippen molar-refractivity contribution in [3.05, 3.63) is 33.3 Å². The van der Waals surface area contributed by atoms with Gasteiger partial charge in [0, 0.05) is 10.5 Å². The number of hydrogen-bond donors (Lipinski definition) is 1. The SMILES string of the molecule is Cc1cc(C(N)C2CCCC2)cc(C)c1Br. The molecule has 1 saturated carbocycles. The Bertz CT molecular complexity index is 357. The van der Waals surface area contributed by atoms with Gasteiger partial charge in [0.05, 0.1) is 0 Å². The summed E-state index contributed by atoms with van der Waals surface area (Å²) in [6.07, 6.45) is 5.31. The zero-order chi connectivity index (χ0) is 11.7. The summed E-state index contributed by atoms with van der Waals surface area (Å²) in [4.78, 5) is 0. The van der Waals surface area contributed by atoms with Gasteiger partial charge in [-0.1, -0.05) is 40.9 Å². The Morgan fingerprint density at radius 1 is 1.19 bits per heavy atom. The van der Waals surface area contributed by atoms with Gasteiger partial charge in [-0.3, -0.25) is 0 Å². The lowest BCUT2D eigenvalue weighted by Crippen LogP contribution is -2.19. The molecule has 2 rings (SSSR count). The van der Waals surface area contributed by atoms with Gasteiger partial charge < -0.3 is 5.73 Å². The topological polar surface area (TPSA) is 26.0 Å². The fourth-order valence-electron chi connectivity index (χ4n) is 2.76. The summed E-state index contributed by atoms with van der Waals surface area (Å²) < 4.78 is 1.22. The maximum Gasteiger partial charge on any atom is 0.0323 e. The molecule has 1 unspecified atom stereocenters. The van der Waals surface area contributed by atoms with Crippen LogP contribution in [0.4, 0.5) is 0 Å². The molecule has 1 aliphatic rings. The molecule has 0 spiro atoms. The van der Waals surface area contributed by atoms with Crippen molar-refractivity contribution < 1.29 is 0 Å². The number of hydrogen-bond acceptors (Lipinski definition) is 1. The maximum absolute atomic E-state index is 6.37. The lowest BCUT2D eigenvalue weighted by molar-refractivity contribution is 0.444. The van der Waals surface area contributed by atoms with Gasteiger partial charge >= 0.3 is 0 Å². The van der Waals surface area contributed by atoms with Crippen molar-refractivity contribution in [2.24, 2.45) is 11.7 Å². The van der Waals surface area contributed by atoms with Gasteiger partial charge in [-0.05, 0) is 49.3 Å². The van der Waals surface area contributed by atoms with Crippen molar-refractivity contribution >= 4 is 15.9 Å². The Morgan fingerprint density at radius 2 is 1.69 bits per heavy atom. The summed E-state index contributed by atoms with van der Waals surface area (Å²) in [5, 5.41) is 0. The van der Waals surface area contributed by atoms with Gasteiger partial charge in [0.25, 0.3) is 0 Å². The van der Waals surface area contributed by atoms with E-state index in [0.717, 1.165) is 0 Å². The van der Waals surface area contributed by atoms with Gasteiger partial charge in [-0.25, -0.2) is 0 Å². The van der Waals surface area contributed by atoms with E-state index in [4.69, 9.17) is 5.73 Å². The molecule has 0 heterocycles. The van der Waals surface area contributed by atoms with E-state index in [1.54, 1.807) is 0 Å². The number of rotatable bonds is 2. The summed E-state index contributed by atoms with van der Waals surface area (Å²) >= 11 is 3.61. The van der Waals surface area contributed by atoms with Gasteiger partial charge in [-0.2, -0.15) is 0 Å². The Hall–Kier alpha value is -0.340. The average molecular weight is 282 g/mol. The first-order valence-electron chi connectivity index (χ1n) is 6.12. The molecule has 1 fully saturated rings. The van der Waals surface area contributed by atoms with Crippen LogP contribution in [0.15, 0.2) is 16.6 Å². The summed E-state index contributed by atoms with van der Waals surface area (Å²) in [5.74, 6) is 0.694. The Labute approximate surface area is 107 Å². The summed E-state index contributed by atoms with van der Waals surface area (Å²) in [6.45, 7) is 4.28. The smallest absolute Gasteiger partial charge is 0.0323 e. The molecule has 88 valence electrons. The Morgan fingerprint density at radius 3 is 2.19 bits per heavy atom. The molecule has 2 N–H and O–H groups in total. The van der Waals surface area contributed by atoms with E-state index < -0.39 is 0 Å². The molecule has 1 nitrogen and oxygen atoms in total. The fourth-order valence-corrected chi connectivity index (χ4v) is 2.99. The molecule has 16 heavy (non-hydrogen) atoms. The quantitative estimate of drug-likeness (QED) is 0.862. The molecule has 1 aromatic rings. The molecular formula is C14H20BrN. The van der Waals surface area contributed by atoms with E-state index in [-0.39, 0.29) is 6.04 Å².